The van der Waals surface area contributed by atoms with E-state index in [9.17, 15) is 9.59 Å². The maximum atomic E-state index is 12.7. The van der Waals surface area contributed by atoms with E-state index in [1.807, 2.05) is 36.1 Å². The van der Waals surface area contributed by atoms with Crippen LogP contribution in [0, 0.1) is 0 Å². The Balaban J connectivity index is 1.90. The molecule has 1 heterocycles. The molecule has 1 aliphatic rings. The number of carbonyl (C=O) groups is 2. The van der Waals surface area contributed by atoms with E-state index in [1.54, 1.807) is 4.90 Å². The molecule has 25 heavy (non-hydrogen) atoms. The van der Waals surface area contributed by atoms with E-state index in [1.165, 1.54) is 0 Å². The molecule has 0 aliphatic carbocycles. The molecule has 138 valence electrons. The lowest BCUT2D eigenvalue weighted by molar-refractivity contribution is -0.133. The number of hydrogen-bond acceptors (Lipinski definition) is 3. The van der Waals surface area contributed by atoms with Crippen molar-refractivity contribution in [3.63, 3.8) is 0 Å². The first-order valence-electron chi connectivity index (χ1n) is 9.10. The number of nitrogens with zero attached hydrogens (tertiary/aromatic N) is 3. The Morgan fingerprint density at radius 2 is 1.84 bits per heavy atom. The predicted molar refractivity (Wildman–Crippen MR) is 104 cm³/mol. The summed E-state index contributed by atoms with van der Waals surface area (Å²) in [7, 11) is 0. The summed E-state index contributed by atoms with van der Waals surface area (Å²) in [5.74, 6) is 0.144. The van der Waals surface area contributed by atoms with Crippen LogP contribution < -0.4 is 0 Å². The summed E-state index contributed by atoms with van der Waals surface area (Å²) in [5, 5.41) is 0. The Bertz CT molecular complexity index is 586. The van der Waals surface area contributed by atoms with E-state index in [-0.39, 0.29) is 11.8 Å². The number of rotatable bonds is 7. The van der Waals surface area contributed by atoms with E-state index in [0.29, 0.717) is 25.1 Å². The lowest BCUT2D eigenvalue weighted by Gasteiger charge is -2.34. The Hall–Kier alpha value is -1.40. The molecule has 1 aliphatic heterocycles. The van der Waals surface area contributed by atoms with Crippen LogP contribution in [0.2, 0.25) is 0 Å². The van der Waals surface area contributed by atoms with E-state index < -0.39 is 0 Å². The second kappa shape index (κ2) is 9.92. The van der Waals surface area contributed by atoms with E-state index >= 15 is 0 Å². The van der Waals surface area contributed by atoms with Crippen molar-refractivity contribution in [1.82, 2.24) is 14.7 Å². The summed E-state index contributed by atoms with van der Waals surface area (Å²) in [6.07, 6.45) is 1.27. The molecule has 0 radical (unpaired) electrons. The smallest absolute Gasteiger partial charge is 0.253 e. The molecule has 0 aromatic heterocycles. The quantitative estimate of drug-likeness (QED) is 0.695. The molecule has 6 heteroatoms. The Morgan fingerprint density at radius 3 is 2.44 bits per heavy atom. The third-order valence-electron chi connectivity index (χ3n) is 4.62. The predicted octanol–water partition coefficient (Wildman–Crippen LogP) is 2.86. The molecular formula is C19H28BrN3O2. The van der Waals surface area contributed by atoms with Crippen LogP contribution in [0.25, 0.3) is 0 Å². The third-order valence-corrected chi connectivity index (χ3v) is 5.11. The highest BCUT2D eigenvalue weighted by atomic mass is 79.9. The molecule has 0 N–H and O–H groups in total. The Morgan fingerprint density at radius 1 is 1.12 bits per heavy atom. The van der Waals surface area contributed by atoms with E-state index in [4.69, 9.17) is 0 Å². The van der Waals surface area contributed by atoms with Crippen LogP contribution in [-0.2, 0) is 4.79 Å². The summed E-state index contributed by atoms with van der Waals surface area (Å²) in [6, 6.07) is 7.42. The minimum absolute atomic E-state index is 0.00764. The molecule has 1 fully saturated rings. The lowest BCUT2D eigenvalue weighted by Crippen LogP contribution is -2.49. The van der Waals surface area contributed by atoms with Crippen molar-refractivity contribution in [2.75, 3.05) is 45.8 Å². The summed E-state index contributed by atoms with van der Waals surface area (Å²) in [4.78, 5) is 31.3. The fourth-order valence-electron chi connectivity index (χ4n) is 3.09. The summed E-state index contributed by atoms with van der Waals surface area (Å²) < 4.78 is 0.889. The van der Waals surface area contributed by atoms with Crippen LogP contribution in [0.1, 0.15) is 37.0 Å². The molecule has 0 atom stereocenters. The van der Waals surface area contributed by atoms with Gasteiger partial charge in [0, 0.05) is 55.7 Å². The standard InChI is InChI=1S/C19H28BrN3O2/c1-3-9-23(19(25)16-6-5-7-17(20)15-16)10-8-18(24)22-13-11-21(4-2)12-14-22/h5-7,15H,3-4,8-14H2,1-2H3. The molecule has 0 bridgehead atoms. The number of benzene rings is 1. The van der Waals surface area contributed by atoms with Gasteiger partial charge in [-0.05, 0) is 31.2 Å². The maximum Gasteiger partial charge on any atom is 0.253 e. The van der Waals surface area contributed by atoms with Crippen molar-refractivity contribution in [2.45, 2.75) is 26.7 Å². The van der Waals surface area contributed by atoms with Crippen molar-refractivity contribution in [2.24, 2.45) is 0 Å². The van der Waals surface area contributed by atoms with Crippen LogP contribution >= 0.6 is 15.9 Å². The van der Waals surface area contributed by atoms with Gasteiger partial charge in [-0.25, -0.2) is 0 Å². The van der Waals surface area contributed by atoms with Crippen molar-refractivity contribution in [3.05, 3.63) is 34.3 Å². The molecule has 1 aromatic rings. The van der Waals surface area contributed by atoms with Gasteiger partial charge in [0.1, 0.15) is 0 Å². The van der Waals surface area contributed by atoms with Gasteiger partial charge >= 0.3 is 0 Å². The van der Waals surface area contributed by atoms with Crippen molar-refractivity contribution >= 4 is 27.7 Å². The summed E-state index contributed by atoms with van der Waals surface area (Å²) in [6.45, 7) is 9.85. The first-order valence-corrected chi connectivity index (χ1v) is 9.89. The maximum absolute atomic E-state index is 12.7. The molecule has 0 spiro atoms. The van der Waals surface area contributed by atoms with Crippen LogP contribution in [0.3, 0.4) is 0 Å². The van der Waals surface area contributed by atoms with Crippen molar-refractivity contribution in [3.8, 4) is 0 Å². The molecule has 0 saturated carbocycles. The second-order valence-corrected chi connectivity index (χ2v) is 7.28. The van der Waals surface area contributed by atoms with Gasteiger partial charge in [0.15, 0.2) is 0 Å². The van der Waals surface area contributed by atoms with Gasteiger partial charge in [-0.3, -0.25) is 9.59 Å². The van der Waals surface area contributed by atoms with E-state index in [2.05, 4.69) is 27.8 Å². The molecule has 0 unspecified atom stereocenters. The minimum atomic E-state index is -0.00764. The molecule has 1 aromatic carbocycles. The monoisotopic (exact) mass is 409 g/mol. The van der Waals surface area contributed by atoms with Crippen LogP contribution in [0.5, 0.6) is 0 Å². The summed E-state index contributed by atoms with van der Waals surface area (Å²) in [5.41, 5.74) is 0.659. The van der Waals surface area contributed by atoms with E-state index in [0.717, 1.165) is 43.6 Å². The fourth-order valence-corrected chi connectivity index (χ4v) is 3.49. The Labute approximate surface area is 159 Å². The highest BCUT2D eigenvalue weighted by molar-refractivity contribution is 9.10. The van der Waals surface area contributed by atoms with Gasteiger partial charge in [0.25, 0.3) is 5.91 Å². The average Bonchev–Trinajstić information content (AvgIpc) is 2.64. The fraction of sp³-hybridized carbons (Fsp3) is 0.579. The number of carbonyl (C=O) groups excluding carboxylic acids is 2. The van der Waals surface area contributed by atoms with Gasteiger partial charge in [-0.1, -0.05) is 35.8 Å². The first-order chi connectivity index (χ1) is 12.0. The van der Waals surface area contributed by atoms with Crippen LogP contribution in [-0.4, -0.2) is 72.3 Å². The number of halogens is 1. The van der Waals surface area contributed by atoms with Gasteiger partial charge in [0.05, 0.1) is 0 Å². The second-order valence-electron chi connectivity index (χ2n) is 6.37. The SMILES string of the molecule is CCCN(CCC(=O)N1CCN(CC)CC1)C(=O)c1cccc(Br)c1. The number of hydrogen-bond donors (Lipinski definition) is 0. The lowest BCUT2D eigenvalue weighted by atomic mass is 10.2. The van der Waals surface area contributed by atoms with Crippen LogP contribution in [0.15, 0.2) is 28.7 Å². The zero-order valence-electron chi connectivity index (χ0n) is 15.2. The molecule has 2 rings (SSSR count). The largest absolute Gasteiger partial charge is 0.340 e. The van der Waals surface area contributed by atoms with Gasteiger partial charge in [0.2, 0.25) is 5.91 Å². The number of likely N-dealkylation sites (N-methyl/N-ethyl adjacent to an activating group) is 1. The number of piperazine rings is 1. The number of amides is 2. The minimum Gasteiger partial charge on any atom is -0.340 e. The van der Waals surface area contributed by atoms with Gasteiger partial charge in [-0.15, -0.1) is 0 Å². The Kier molecular flexibility index (Phi) is 7.90. The topological polar surface area (TPSA) is 43.9 Å². The molecule has 2 amide bonds. The molecular weight excluding hydrogens is 382 g/mol. The first kappa shape index (κ1) is 19.9. The van der Waals surface area contributed by atoms with Crippen molar-refractivity contribution in [1.29, 1.82) is 0 Å². The highest BCUT2D eigenvalue weighted by Crippen LogP contribution is 2.14. The normalized spacial score (nSPS) is 15.2. The molecule has 5 nitrogen and oxygen atoms in total. The zero-order valence-corrected chi connectivity index (χ0v) is 16.8. The van der Waals surface area contributed by atoms with Gasteiger partial charge in [-0.2, -0.15) is 0 Å². The average molecular weight is 410 g/mol. The van der Waals surface area contributed by atoms with Crippen molar-refractivity contribution < 1.29 is 9.59 Å². The highest BCUT2D eigenvalue weighted by Gasteiger charge is 2.22. The van der Waals surface area contributed by atoms with Crippen LogP contribution in [0.4, 0.5) is 0 Å². The third kappa shape index (κ3) is 5.82. The zero-order chi connectivity index (χ0) is 18.2. The summed E-state index contributed by atoms with van der Waals surface area (Å²) >= 11 is 3.41. The molecule has 1 saturated heterocycles. The van der Waals surface area contributed by atoms with Gasteiger partial charge < -0.3 is 14.7 Å².